The number of nitrogens with two attached hydrogens (primary N) is 1. The van der Waals surface area contributed by atoms with Gasteiger partial charge in [0.25, 0.3) is 0 Å². The Morgan fingerprint density at radius 3 is 2.75 bits per heavy atom. The van der Waals surface area contributed by atoms with Crippen molar-refractivity contribution in [1.82, 2.24) is 16.4 Å². The number of carbonyl (C=O) groups excluding carboxylic acids is 2. The fraction of sp³-hybridized carbons (Fsp3) is 0. The Morgan fingerprint density at radius 2 is 2.38 bits per heavy atom. The van der Waals surface area contributed by atoms with E-state index < -0.39 is 6.03 Å². The molecule has 0 aromatic rings. The second-order valence-electron chi connectivity index (χ2n) is 0.835. The van der Waals surface area contributed by atoms with Crippen LogP contribution in [0, 0.1) is 0 Å². The highest BCUT2D eigenvalue weighted by molar-refractivity contribution is 5.70. The molecule has 0 fully saturated rings. The highest BCUT2D eigenvalue weighted by atomic mass is 16.2. The second-order valence-corrected chi connectivity index (χ2v) is 0.835. The summed E-state index contributed by atoms with van der Waals surface area (Å²) >= 11 is 0. The highest BCUT2D eigenvalue weighted by Crippen LogP contribution is 1.43. The lowest BCUT2D eigenvalue weighted by molar-refractivity contribution is -0.110. The zero-order valence-electron chi connectivity index (χ0n) is 3.92. The fourth-order valence-electron chi connectivity index (χ4n) is 0.114. The number of primary amides is 1. The summed E-state index contributed by atoms with van der Waals surface area (Å²) in [6.45, 7) is 0. The Labute approximate surface area is 45.4 Å². The molecule has 3 amide bonds. The van der Waals surface area contributed by atoms with E-state index in [0.29, 0.717) is 6.41 Å². The van der Waals surface area contributed by atoms with Gasteiger partial charge >= 0.3 is 6.03 Å². The lowest BCUT2D eigenvalue weighted by atomic mass is 11.1. The molecule has 0 unspecified atom stereocenters. The number of rotatable bonds is 3. The first kappa shape index (κ1) is 6.70. The SMILES string of the molecule is NC(=O)N[N]NC=O. The second kappa shape index (κ2) is 3.88. The number of amides is 3. The average Bonchev–Trinajstić information content (AvgIpc) is 1.66. The van der Waals surface area contributed by atoms with Crippen LogP contribution in [-0.2, 0) is 4.79 Å². The van der Waals surface area contributed by atoms with Crippen LogP contribution in [0.25, 0.3) is 0 Å². The Hall–Kier alpha value is -1.30. The van der Waals surface area contributed by atoms with Crippen LogP contribution in [0.3, 0.4) is 0 Å². The van der Waals surface area contributed by atoms with Gasteiger partial charge in [-0.3, -0.25) is 10.2 Å². The quantitative estimate of drug-likeness (QED) is 0.223. The molecule has 0 aromatic heterocycles. The van der Waals surface area contributed by atoms with E-state index >= 15 is 0 Å². The number of carbonyl (C=O) groups is 2. The van der Waals surface area contributed by atoms with Gasteiger partial charge < -0.3 is 5.73 Å². The summed E-state index contributed by atoms with van der Waals surface area (Å²) in [7, 11) is 0. The van der Waals surface area contributed by atoms with Crippen LogP contribution >= 0.6 is 0 Å². The Morgan fingerprint density at radius 1 is 1.75 bits per heavy atom. The number of nitrogens with zero attached hydrogens (tertiary/aromatic N) is 1. The molecule has 0 saturated carbocycles. The van der Waals surface area contributed by atoms with Gasteiger partial charge in [0.2, 0.25) is 6.41 Å². The van der Waals surface area contributed by atoms with E-state index in [1.165, 1.54) is 0 Å². The van der Waals surface area contributed by atoms with Gasteiger partial charge in [-0.1, -0.05) is 0 Å². The van der Waals surface area contributed by atoms with E-state index in [4.69, 9.17) is 0 Å². The van der Waals surface area contributed by atoms with Crippen molar-refractivity contribution >= 4 is 12.4 Å². The molecule has 0 atom stereocenters. The minimum Gasteiger partial charge on any atom is -0.350 e. The van der Waals surface area contributed by atoms with Crippen LogP contribution in [0.4, 0.5) is 4.79 Å². The van der Waals surface area contributed by atoms with Gasteiger partial charge in [0.05, 0.1) is 0 Å². The van der Waals surface area contributed by atoms with E-state index in [1.807, 2.05) is 5.43 Å². The molecule has 0 heterocycles. The minimum atomic E-state index is -0.820. The van der Waals surface area contributed by atoms with E-state index in [9.17, 15) is 9.59 Å². The van der Waals surface area contributed by atoms with Gasteiger partial charge in [0.15, 0.2) is 0 Å². The van der Waals surface area contributed by atoms with E-state index in [0.717, 1.165) is 0 Å². The minimum absolute atomic E-state index is 0.302. The molecular weight excluding hydrogens is 112 g/mol. The predicted molar refractivity (Wildman–Crippen MR) is 24.1 cm³/mol. The average molecular weight is 117 g/mol. The third-order valence-corrected chi connectivity index (χ3v) is 0.283. The standard InChI is InChI=1S/C2H5N4O2/c3-2(8)5-6-4-1-7/h1H,(H,4,7)(H3,3,5,8). The zero-order valence-corrected chi connectivity index (χ0v) is 3.92. The van der Waals surface area contributed by atoms with Gasteiger partial charge in [0.1, 0.15) is 0 Å². The van der Waals surface area contributed by atoms with Crippen molar-refractivity contribution in [2.24, 2.45) is 5.73 Å². The summed E-state index contributed by atoms with van der Waals surface area (Å²) in [5, 5.41) is 0. The Bertz CT molecular complexity index is 92.0. The number of hydrogen-bond donors (Lipinski definition) is 3. The van der Waals surface area contributed by atoms with Crippen molar-refractivity contribution in [3.05, 3.63) is 0 Å². The molecule has 0 aliphatic heterocycles. The number of urea groups is 1. The Balaban J connectivity index is 2.93. The Kier molecular flexibility index (Phi) is 3.25. The first-order valence-electron chi connectivity index (χ1n) is 1.71. The summed E-state index contributed by atoms with van der Waals surface area (Å²) in [5.74, 6) is 0. The molecule has 0 spiro atoms. The fourth-order valence-corrected chi connectivity index (χ4v) is 0.114. The lowest BCUT2D eigenvalue weighted by Gasteiger charge is -1.94. The zero-order chi connectivity index (χ0) is 6.41. The summed E-state index contributed by atoms with van der Waals surface area (Å²) in [4.78, 5) is 19.1. The van der Waals surface area contributed by atoms with Crippen LogP contribution < -0.4 is 22.1 Å². The van der Waals surface area contributed by atoms with Crippen LogP contribution in [0.1, 0.15) is 0 Å². The number of nitrogens with one attached hydrogen (secondary N) is 2. The predicted octanol–water partition coefficient (Wildman–Crippen LogP) is -2.16. The largest absolute Gasteiger partial charge is 0.350 e. The first-order chi connectivity index (χ1) is 3.77. The van der Waals surface area contributed by atoms with Crippen molar-refractivity contribution in [3.8, 4) is 0 Å². The molecule has 45 valence electrons. The van der Waals surface area contributed by atoms with Gasteiger partial charge in [-0.05, 0) is 5.53 Å². The van der Waals surface area contributed by atoms with Gasteiger partial charge in [-0.15, -0.1) is 0 Å². The van der Waals surface area contributed by atoms with E-state index in [2.05, 4.69) is 11.3 Å². The molecule has 1 radical (unpaired) electrons. The third kappa shape index (κ3) is 4.70. The number of hydrogen-bond acceptors (Lipinski definition) is 2. The molecule has 0 rings (SSSR count). The summed E-state index contributed by atoms with van der Waals surface area (Å²) in [6.07, 6.45) is 0.302. The molecule has 0 aromatic carbocycles. The monoisotopic (exact) mass is 117 g/mol. The molecule has 0 aliphatic rings. The molecule has 0 bridgehead atoms. The van der Waals surface area contributed by atoms with Crippen LogP contribution in [0.5, 0.6) is 0 Å². The highest BCUT2D eigenvalue weighted by Gasteiger charge is 1.85. The molecule has 8 heavy (non-hydrogen) atoms. The van der Waals surface area contributed by atoms with Gasteiger partial charge in [0, 0.05) is 0 Å². The maximum Gasteiger partial charge on any atom is 0.329 e. The van der Waals surface area contributed by atoms with Crippen molar-refractivity contribution < 1.29 is 9.59 Å². The molecule has 0 saturated heterocycles. The van der Waals surface area contributed by atoms with Crippen LogP contribution in [0.2, 0.25) is 0 Å². The summed E-state index contributed by atoms with van der Waals surface area (Å²) < 4.78 is 0. The summed E-state index contributed by atoms with van der Waals surface area (Å²) in [6, 6.07) is -0.820. The van der Waals surface area contributed by atoms with Crippen molar-refractivity contribution in [2.45, 2.75) is 0 Å². The van der Waals surface area contributed by atoms with Crippen molar-refractivity contribution in [1.29, 1.82) is 0 Å². The molecule has 6 nitrogen and oxygen atoms in total. The molecule has 4 N–H and O–H groups in total. The van der Waals surface area contributed by atoms with Crippen LogP contribution in [0.15, 0.2) is 0 Å². The molecule has 0 aliphatic carbocycles. The molecule has 6 heteroatoms. The topological polar surface area (TPSA) is 98.3 Å². The maximum absolute atomic E-state index is 9.74. The molecular formula is C2H5N4O2. The van der Waals surface area contributed by atoms with Gasteiger partial charge in [-0.2, -0.15) is 0 Å². The van der Waals surface area contributed by atoms with E-state index in [1.54, 1.807) is 5.43 Å². The lowest BCUT2D eigenvalue weighted by Crippen LogP contribution is -2.42. The van der Waals surface area contributed by atoms with Crippen molar-refractivity contribution in [2.75, 3.05) is 0 Å². The maximum atomic E-state index is 9.74. The smallest absolute Gasteiger partial charge is 0.329 e. The van der Waals surface area contributed by atoms with Gasteiger partial charge in [-0.25, -0.2) is 10.2 Å². The summed E-state index contributed by atoms with van der Waals surface area (Å²) in [5.41, 5.74) is 11.1. The third-order valence-electron chi connectivity index (χ3n) is 0.283. The first-order valence-corrected chi connectivity index (χ1v) is 1.71. The van der Waals surface area contributed by atoms with E-state index in [-0.39, 0.29) is 0 Å². The normalized spacial score (nSPS) is 7.50. The van der Waals surface area contributed by atoms with Crippen LogP contribution in [-0.4, -0.2) is 12.4 Å². The van der Waals surface area contributed by atoms with Crippen molar-refractivity contribution in [3.63, 3.8) is 0 Å².